The highest BCUT2D eigenvalue weighted by atomic mass is 16.5. The fraction of sp³-hybridized carbons (Fsp3) is 0.636. The molecule has 0 saturated carbocycles. The van der Waals surface area contributed by atoms with E-state index in [0.29, 0.717) is 24.3 Å². The molecule has 84 valence electrons. The van der Waals surface area contributed by atoms with Crippen molar-refractivity contribution in [3.8, 4) is 6.26 Å². The van der Waals surface area contributed by atoms with Gasteiger partial charge in [0.25, 0.3) is 6.26 Å². The number of ketones is 1. The molecule has 0 aliphatic heterocycles. The Bertz CT molecular complexity index is 287. The predicted octanol–water partition coefficient (Wildman–Crippen LogP) is 2.04. The minimum absolute atomic E-state index is 0.0228. The third-order valence-corrected chi connectivity index (χ3v) is 1.94. The Labute approximate surface area is 91.1 Å². The van der Waals surface area contributed by atoms with E-state index in [9.17, 15) is 4.79 Å². The smallest absolute Gasteiger partial charge is 0.291 e. The van der Waals surface area contributed by atoms with E-state index in [4.69, 9.17) is 10.00 Å². The SMILES string of the molecule is CCCC(=O)/C(=C(\CC)OC#N)N(C)C. The highest BCUT2D eigenvalue weighted by Crippen LogP contribution is 2.15. The van der Waals surface area contributed by atoms with Crippen LogP contribution in [0.2, 0.25) is 0 Å². The van der Waals surface area contributed by atoms with Crippen LogP contribution in [0, 0.1) is 11.5 Å². The molecule has 0 aromatic heterocycles. The molecule has 0 N–H and O–H groups in total. The van der Waals surface area contributed by atoms with Gasteiger partial charge in [0.1, 0.15) is 11.5 Å². The second kappa shape index (κ2) is 6.88. The monoisotopic (exact) mass is 210 g/mol. The standard InChI is InChI=1S/C11H18N2O2/c1-5-7-9(14)11(13(3)4)10(6-2)15-8-12/h5-7H2,1-4H3/b11-10-. The number of rotatable bonds is 6. The molecule has 0 bridgehead atoms. The highest BCUT2D eigenvalue weighted by Gasteiger charge is 2.17. The molecule has 0 amide bonds. The molecular formula is C11H18N2O2. The summed E-state index contributed by atoms with van der Waals surface area (Å²) in [5, 5.41) is 8.47. The van der Waals surface area contributed by atoms with Crippen molar-refractivity contribution in [3.63, 3.8) is 0 Å². The first-order valence-electron chi connectivity index (χ1n) is 5.08. The van der Waals surface area contributed by atoms with Gasteiger partial charge in [0.2, 0.25) is 0 Å². The molecule has 0 spiro atoms. The molecule has 0 saturated heterocycles. The lowest BCUT2D eigenvalue weighted by Gasteiger charge is -2.18. The fourth-order valence-corrected chi connectivity index (χ4v) is 1.34. The van der Waals surface area contributed by atoms with Crippen LogP contribution in [0.15, 0.2) is 11.5 Å². The first kappa shape index (κ1) is 13.5. The van der Waals surface area contributed by atoms with Gasteiger partial charge in [0.05, 0.1) is 0 Å². The molecule has 0 atom stereocenters. The molecule has 0 heterocycles. The van der Waals surface area contributed by atoms with E-state index in [-0.39, 0.29) is 5.78 Å². The van der Waals surface area contributed by atoms with Crippen molar-refractivity contribution in [2.24, 2.45) is 0 Å². The van der Waals surface area contributed by atoms with Gasteiger partial charge in [-0.05, 0) is 6.42 Å². The van der Waals surface area contributed by atoms with Gasteiger partial charge in [0.15, 0.2) is 5.78 Å². The average molecular weight is 210 g/mol. The molecule has 0 aliphatic rings. The first-order chi connectivity index (χ1) is 7.08. The maximum atomic E-state index is 11.8. The zero-order valence-corrected chi connectivity index (χ0v) is 9.83. The largest absolute Gasteiger partial charge is 0.390 e. The number of Topliss-reactive ketones (excluding diaryl/α,β-unsaturated/α-hetero) is 1. The maximum absolute atomic E-state index is 11.8. The Morgan fingerprint density at radius 3 is 2.33 bits per heavy atom. The summed E-state index contributed by atoms with van der Waals surface area (Å²) in [7, 11) is 3.55. The van der Waals surface area contributed by atoms with Crippen LogP contribution < -0.4 is 0 Å². The second-order valence-corrected chi connectivity index (χ2v) is 3.39. The van der Waals surface area contributed by atoms with Gasteiger partial charge in [-0.3, -0.25) is 4.79 Å². The van der Waals surface area contributed by atoms with E-state index in [1.165, 1.54) is 0 Å². The average Bonchev–Trinajstić information content (AvgIpc) is 2.16. The van der Waals surface area contributed by atoms with Crippen LogP contribution >= 0.6 is 0 Å². The van der Waals surface area contributed by atoms with Crippen LogP contribution in [0.1, 0.15) is 33.1 Å². The van der Waals surface area contributed by atoms with Crippen molar-refractivity contribution in [2.75, 3.05) is 14.1 Å². The number of nitriles is 1. The molecule has 0 radical (unpaired) electrons. The molecule has 0 fully saturated rings. The zero-order valence-electron chi connectivity index (χ0n) is 9.83. The lowest BCUT2D eigenvalue weighted by Crippen LogP contribution is -2.22. The van der Waals surface area contributed by atoms with Gasteiger partial charge < -0.3 is 9.64 Å². The predicted molar refractivity (Wildman–Crippen MR) is 57.6 cm³/mol. The second-order valence-electron chi connectivity index (χ2n) is 3.39. The summed E-state index contributed by atoms with van der Waals surface area (Å²) >= 11 is 0. The summed E-state index contributed by atoms with van der Waals surface area (Å²) in [5.74, 6) is 0.468. The summed E-state index contributed by atoms with van der Waals surface area (Å²) in [6.07, 6.45) is 3.42. The summed E-state index contributed by atoms with van der Waals surface area (Å²) in [5.41, 5.74) is 0.501. The van der Waals surface area contributed by atoms with Gasteiger partial charge in [-0.1, -0.05) is 13.8 Å². The molecule has 15 heavy (non-hydrogen) atoms. The fourth-order valence-electron chi connectivity index (χ4n) is 1.34. The van der Waals surface area contributed by atoms with E-state index in [1.807, 2.05) is 13.8 Å². The van der Waals surface area contributed by atoms with Crippen molar-refractivity contribution < 1.29 is 9.53 Å². The Kier molecular flexibility index (Phi) is 6.19. The van der Waals surface area contributed by atoms with E-state index in [0.717, 1.165) is 6.42 Å². The Balaban J connectivity index is 5.07. The molecule has 4 nitrogen and oxygen atoms in total. The number of ether oxygens (including phenoxy) is 1. The topological polar surface area (TPSA) is 53.3 Å². The van der Waals surface area contributed by atoms with Crippen molar-refractivity contribution in [1.82, 2.24) is 4.90 Å². The van der Waals surface area contributed by atoms with Crippen molar-refractivity contribution in [1.29, 1.82) is 5.26 Å². The minimum Gasteiger partial charge on any atom is -0.390 e. The van der Waals surface area contributed by atoms with Gasteiger partial charge in [-0.2, -0.15) is 0 Å². The Morgan fingerprint density at radius 1 is 1.40 bits per heavy atom. The van der Waals surface area contributed by atoms with Gasteiger partial charge in [0, 0.05) is 26.9 Å². The first-order valence-corrected chi connectivity index (χ1v) is 5.08. The third kappa shape index (κ3) is 4.03. The molecule has 4 heteroatoms. The van der Waals surface area contributed by atoms with E-state index >= 15 is 0 Å². The molecule has 0 unspecified atom stereocenters. The van der Waals surface area contributed by atoms with E-state index in [2.05, 4.69) is 0 Å². The summed E-state index contributed by atoms with van der Waals surface area (Å²) in [4.78, 5) is 13.5. The van der Waals surface area contributed by atoms with Crippen molar-refractivity contribution in [3.05, 3.63) is 11.5 Å². The number of carbonyl (C=O) groups excluding carboxylic acids is 1. The number of nitrogens with zero attached hydrogens (tertiary/aromatic N) is 2. The van der Waals surface area contributed by atoms with Gasteiger partial charge >= 0.3 is 0 Å². The van der Waals surface area contributed by atoms with E-state index in [1.54, 1.807) is 25.3 Å². The number of allylic oxidation sites excluding steroid dienone is 2. The molecule has 0 aromatic rings. The normalized spacial score (nSPS) is 11.4. The van der Waals surface area contributed by atoms with Crippen LogP contribution in [0.3, 0.4) is 0 Å². The van der Waals surface area contributed by atoms with Crippen LogP contribution in [0.4, 0.5) is 0 Å². The van der Waals surface area contributed by atoms with Crippen molar-refractivity contribution >= 4 is 5.78 Å². The van der Waals surface area contributed by atoms with Gasteiger partial charge in [-0.25, -0.2) is 0 Å². The number of hydrogen-bond donors (Lipinski definition) is 0. The summed E-state index contributed by atoms with van der Waals surface area (Å²) in [6, 6.07) is 0. The molecular weight excluding hydrogens is 192 g/mol. The Morgan fingerprint density at radius 2 is 2.00 bits per heavy atom. The van der Waals surface area contributed by atoms with Crippen LogP contribution in [-0.2, 0) is 9.53 Å². The lowest BCUT2D eigenvalue weighted by molar-refractivity contribution is -0.117. The maximum Gasteiger partial charge on any atom is 0.291 e. The zero-order chi connectivity index (χ0) is 11.8. The third-order valence-electron chi connectivity index (χ3n) is 1.94. The lowest BCUT2D eigenvalue weighted by atomic mass is 10.1. The molecule has 0 aromatic carbocycles. The Hall–Kier alpha value is -1.50. The number of carbonyl (C=O) groups is 1. The highest BCUT2D eigenvalue weighted by molar-refractivity contribution is 5.95. The molecule has 0 aliphatic carbocycles. The summed E-state index contributed by atoms with van der Waals surface area (Å²) in [6.45, 7) is 3.80. The quantitative estimate of drug-likeness (QED) is 0.382. The van der Waals surface area contributed by atoms with Crippen LogP contribution in [0.5, 0.6) is 0 Å². The van der Waals surface area contributed by atoms with Crippen LogP contribution in [0.25, 0.3) is 0 Å². The number of hydrogen-bond acceptors (Lipinski definition) is 4. The van der Waals surface area contributed by atoms with E-state index < -0.39 is 0 Å². The van der Waals surface area contributed by atoms with Crippen molar-refractivity contribution in [2.45, 2.75) is 33.1 Å². The molecule has 0 rings (SSSR count). The number of likely N-dealkylation sites (N-methyl/N-ethyl adjacent to an activating group) is 1. The van der Waals surface area contributed by atoms with Crippen LogP contribution in [-0.4, -0.2) is 24.8 Å². The van der Waals surface area contributed by atoms with Gasteiger partial charge in [-0.15, -0.1) is 5.26 Å². The summed E-state index contributed by atoms with van der Waals surface area (Å²) < 4.78 is 4.80. The minimum atomic E-state index is 0.0228.